The Balaban J connectivity index is 1.71. The lowest BCUT2D eigenvalue weighted by Gasteiger charge is -2.11. The molecule has 2 heterocycles. The van der Waals surface area contributed by atoms with Crippen LogP contribution in [0.15, 0.2) is 76.0 Å². The molecule has 0 aliphatic rings. The van der Waals surface area contributed by atoms with Gasteiger partial charge in [-0.15, -0.1) is 0 Å². The first-order chi connectivity index (χ1) is 16.1. The largest absolute Gasteiger partial charge is 0.497 e. The van der Waals surface area contributed by atoms with E-state index < -0.39 is 0 Å². The number of fused-ring (bicyclic) bond motifs is 1. The Bertz CT molecular complexity index is 1520. The molecule has 0 bridgehead atoms. The van der Waals surface area contributed by atoms with E-state index in [-0.39, 0.29) is 11.4 Å². The molecule has 0 amide bonds. The van der Waals surface area contributed by atoms with Crippen molar-refractivity contribution in [2.75, 3.05) is 14.2 Å². The summed E-state index contributed by atoms with van der Waals surface area (Å²) in [5.41, 5.74) is 2.47. The maximum Gasteiger partial charge on any atom is 0.279 e. The molecule has 0 radical (unpaired) electrons. The van der Waals surface area contributed by atoms with Gasteiger partial charge in [-0.3, -0.25) is 4.79 Å². The molecule has 0 aliphatic carbocycles. The van der Waals surface area contributed by atoms with Gasteiger partial charge >= 0.3 is 0 Å². The first-order valence-electron chi connectivity index (χ1n) is 10.2. The van der Waals surface area contributed by atoms with E-state index in [9.17, 15) is 4.79 Å². The fourth-order valence-electron chi connectivity index (χ4n) is 3.69. The summed E-state index contributed by atoms with van der Waals surface area (Å²) < 4.78 is 17.7. The zero-order valence-electron chi connectivity index (χ0n) is 18.3. The Hall–Kier alpha value is -4.46. The third-order valence-electron chi connectivity index (χ3n) is 5.39. The number of hydrogen-bond acceptors (Lipinski definition) is 7. The molecule has 164 valence electrons. The number of aromatic nitrogens is 4. The number of rotatable bonds is 5. The average Bonchev–Trinajstić information content (AvgIpc) is 3.35. The minimum Gasteiger partial charge on any atom is -0.497 e. The van der Waals surface area contributed by atoms with Crippen molar-refractivity contribution in [3.63, 3.8) is 0 Å². The van der Waals surface area contributed by atoms with Crippen LogP contribution in [-0.2, 0) is 0 Å². The SMILES string of the molecule is COc1cc(OC)cc(-c2noc(-c3nn(-c4ccccc4C)c(=O)c4ccccc34)n2)c1. The van der Waals surface area contributed by atoms with Gasteiger partial charge in [0, 0.05) is 17.0 Å². The van der Waals surface area contributed by atoms with Crippen molar-refractivity contribution in [1.29, 1.82) is 0 Å². The summed E-state index contributed by atoms with van der Waals surface area (Å²) in [5, 5.41) is 9.91. The summed E-state index contributed by atoms with van der Waals surface area (Å²) in [5.74, 6) is 1.76. The maximum absolute atomic E-state index is 13.2. The lowest BCUT2D eigenvalue weighted by molar-refractivity contribution is 0.394. The van der Waals surface area contributed by atoms with E-state index in [1.807, 2.05) is 49.4 Å². The summed E-state index contributed by atoms with van der Waals surface area (Å²) >= 11 is 0. The highest BCUT2D eigenvalue weighted by Gasteiger charge is 2.20. The second-order valence-corrected chi connectivity index (χ2v) is 7.42. The highest BCUT2D eigenvalue weighted by atomic mass is 16.5. The van der Waals surface area contributed by atoms with Crippen LogP contribution in [0.3, 0.4) is 0 Å². The van der Waals surface area contributed by atoms with Gasteiger partial charge in [-0.2, -0.15) is 14.8 Å². The molecule has 0 spiro atoms. The van der Waals surface area contributed by atoms with E-state index in [1.54, 1.807) is 38.5 Å². The van der Waals surface area contributed by atoms with Gasteiger partial charge in [0.25, 0.3) is 11.4 Å². The molecular formula is C25H20N4O4. The standard InChI is InChI=1S/C25H20N4O4/c1-15-8-4-7-11-21(15)29-25(30)20-10-6-5-9-19(20)22(27-29)24-26-23(28-33-24)16-12-17(31-2)14-18(13-16)32-3/h4-14H,1-3H3. The molecule has 0 fully saturated rings. The Kier molecular flexibility index (Phi) is 5.10. The average molecular weight is 440 g/mol. The predicted octanol–water partition coefficient (Wildman–Crippen LogP) is 4.43. The zero-order valence-corrected chi connectivity index (χ0v) is 18.3. The second-order valence-electron chi connectivity index (χ2n) is 7.42. The third-order valence-corrected chi connectivity index (χ3v) is 5.39. The van der Waals surface area contributed by atoms with Crippen LogP contribution in [-0.4, -0.2) is 34.1 Å². The first kappa shape index (κ1) is 20.4. The van der Waals surface area contributed by atoms with Gasteiger partial charge in [-0.25, -0.2) is 0 Å². The summed E-state index contributed by atoms with van der Waals surface area (Å²) in [6, 6.07) is 20.1. The molecule has 5 aromatic rings. The summed E-state index contributed by atoms with van der Waals surface area (Å²) in [6.07, 6.45) is 0. The van der Waals surface area contributed by atoms with E-state index >= 15 is 0 Å². The van der Waals surface area contributed by atoms with Crippen molar-refractivity contribution >= 4 is 10.8 Å². The van der Waals surface area contributed by atoms with Crippen LogP contribution in [0.4, 0.5) is 0 Å². The van der Waals surface area contributed by atoms with E-state index in [4.69, 9.17) is 14.0 Å². The molecule has 0 aliphatic heterocycles. The van der Waals surface area contributed by atoms with Crippen LogP contribution >= 0.6 is 0 Å². The summed E-state index contributed by atoms with van der Waals surface area (Å²) in [6.45, 7) is 1.93. The van der Waals surface area contributed by atoms with Crippen LogP contribution in [0.2, 0.25) is 0 Å². The second kappa shape index (κ2) is 8.23. The molecule has 8 nitrogen and oxygen atoms in total. The van der Waals surface area contributed by atoms with Gasteiger partial charge in [0.15, 0.2) is 5.69 Å². The number of ether oxygens (including phenoxy) is 2. The molecule has 5 rings (SSSR count). The molecular weight excluding hydrogens is 420 g/mol. The Morgan fingerprint density at radius 3 is 2.24 bits per heavy atom. The zero-order chi connectivity index (χ0) is 22.9. The Labute approximate surface area is 189 Å². The molecule has 0 atom stereocenters. The molecule has 2 aromatic heterocycles. The third kappa shape index (κ3) is 3.61. The van der Waals surface area contributed by atoms with Gasteiger partial charge in [-0.1, -0.05) is 41.6 Å². The number of nitrogens with zero attached hydrogens (tertiary/aromatic N) is 4. The summed E-state index contributed by atoms with van der Waals surface area (Å²) in [7, 11) is 3.15. The first-order valence-corrected chi connectivity index (χ1v) is 10.2. The van der Waals surface area contributed by atoms with Crippen LogP contribution in [0.25, 0.3) is 39.4 Å². The van der Waals surface area contributed by atoms with Crippen molar-refractivity contribution in [2.24, 2.45) is 0 Å². The number of benzene rings is 3. The molecule has 3 aromatic carbocycles. The molecule has 0 N–H and O–H groups in total. The molecule has 33 heavy (non-hydrogen) atoms. The number of para-hydroxylation sites is 1. The molecule has 0 unspecified atom stereocenters. The smallest absolute Gasteiger partial charge is 0.279 e. The van der Waals surface area contributed by atoms with Crippen LogP contribution < -0.4 is 15.0 Å². The van der Waals surface area contributed by atoms with E-state index in [0.717, 1.165) is 5.56 Å². The van der Waals surface area contributed by atoms with Crippen molar-refractivity contribution in [2.45, 2.75) is 6.92 Å². The normalized spacial score (nSPS) is 11.0. The number of aryl methyl sites for hydroxylation is 1. The monoisotopic (exact) mass is 440 g/mol. The van der Waals surface area contributed by atoms with E-state index in [0.29, 0.717) is 45.0 Å². The fourth-order valence-corrected chi connectivity index (χ4v) is 3.69. The van der Waals surface area contributed by atoms with Crippen molar-refractivity contribution in [3.8, 4) is 40.2 Å². The van der Waals surface area contributed by atoms with Gasteiger partial charge in [-0.05, 0) is 36.8 Å². The highest BCUT2D eigenvalue weighted by Crippen LogP contribution is 2.31. The highest BCUT2D eigenvalue weighted by molar-refractivity contribution is 5.92. The molecule has 0 saturated carbocycles. The van der Waals surface area contributed by atoms with Crippen LogP contribution in [0.1, 0.15) is 5.56 Å². The number of hydrogen-bond donors (Lipinski definition) is 0. The van der Waals surface area contributed by atoms with Crippen molar-refractivity contribution in [1.82, 2.24) is 19.9 Å². The minimum absolute atomic E-state index is 0.199. The quantitative estimate of drug-likeness (QED) is 0.399. The number of methoxy groups -OCH3 is 2. The van der Waals surface area contributed by atoms with Gasteiger partial charge in [0.05, 0.1) is 25.3 Å². The van der Waals surface area contributed by atoms with Crippen LogP contribution in [0, 0.1) is 6.92 Å². The lowest BCUT2D eigenvalue weighted by atomic mass is 10.1. The predicted molar refractivity (Wildman–Crippen MR) is 124 cm³/mol. The van der Waals surface area contributed by atoms with Gasteiger partial charge in [0.2, 0.25) is 5.82 Å². The fraction of sp³-hybridized carbons (Fsp3) is 0.120. The van der Waals surface area contributed by atoms with E-state index in [2.05, 4.69) is 15.2 Å². The minimum atomic E-state index is -0.221. The van der Waals surface area contributed by atoms with Crippen molar-refractivity contribution < 1.29 is 14.0 Å². The molecule has 0 saturated heterocycles. The Morgan fingerprint density at radius 2 is 1.55 bits per heavy atom. The van der Waals surface area contributed by atoms with E-state index in [1.165, 1.54) is 4.68 Å². The molecule has 8 heteroatoms. The Morgan fingerprint density at radius 1 is 0.879 bits per heavy atom. The topological polar surface area (TPSA) is 92.3 Å². The van der Waals surface area contributed by atoms with Crippen LogP contribution in [0.5, 0.6) is 11.5 Å². The maximum atomic E-state index is 13.2. The van der Waals surface area contributed by atoms with Gasteiger partial charge in [0.1, 0.15) is 11.5 Å². The lowest BCUT2D eigenvalue weighted by Crippen LogP contribution is -2.23. The van der Waals surface area contributed by atoms with Crippen molar-refractivity contribution in [3.05, 3.63) is 82.6 Å². The summed E-state index contributed by atoms with van der Waals surface area (Å²) in [4.78, 5) is 17.8. The van der Waals surface area contributed by atoms with Gasteiger partial charge < -0.3 is 14.0 Å².